The standard InChI is InChI=1S/C33H42N6O4S/c1-20(2)44(40,41)29-10-8-7-9-26(29)35-32-30-22(4)19-34-31(30)36-33(37-32)39-23(5)43-28-18-25(21(3)17-27(28)39)24-11-13-38(14-12-24)15-16-42-6/h7-10,17-20,23-24H,11-16H2,1-6H3,(H2,34,35,36,37). The maximum Gasteiger partial charge on any atom is 0.237 e. The number of rotatable bonds is 9. The zero-order valence-electron chi connectivity index (χ0n) is 26.3. The zero-order valence-corrected chi connectivity index (χ0v) is 27.2. The van der Waals surface area contributed by atoms with E-state index in [0.717, 1.165) is 61.5 Å². The van der Waals surface area contributed by atoms with Crippen LogP contribution in [0.2, 0.25) is 0 Å². The SMILES string of the molecule is COCCN1CCC(c2cc3c(cc2C)N(c2nc(Nc4ccccc4S(=O)(=O)C(C)C)c4c(C)c[nH]c4n2)C(C)O3)CC1. The molecule has 1 fully saturated rings. The Balaban J connectivity index is 1.35. The second-order valence-electron chi connectivity index (χ2n) is 12.2. The molecule has 6 rings (SSSR count). The molecular weight excluding hydrogens is 576 g/mol. The van der Waals surface area contributed by atoms with Crippen LogP contribution in [0.3, 0.4) is 0 Å². The minimum absolute atomic E-state index is 0.243. The third-order valence-corrected chi connectivity index (χ3v) is 11.1. The molecule has 4 aromatic rings. The fraction of sp³-hybridized carbons (Fsp3) is 0.455. The Morgan fingerprint density at radius 1 is 1.11 bits per heavy atom. The molecule has 2 aliphatic rings. The number of hydrogen-bond acceptors (Lipinski definition) is 9. The van der Waals surface area contributed by atoms with Crippen molar-refractivity contribution in [1.82, 2.24) is 19.9 Å². The number of methoxy groups -OCH3 is 1. The first kappa shape index (κ1) is 30.4. The predicted octanol–water partition coefficient (Wildman–Crippen LogP) is 6.20. The van der Waals surface area contributed by atoms with Gasteiger partial charge in [0.25, 0.3) is 0 Å². The largest absolute Gasteiger partial charge is 0.468 e. The summed E-state index contributed by atoms with van der Waals surface area (Å²) in [6.45, 7) is 13.4. The number of para-hydroxylation sites is 1. The number of likely N-dealkylation sites (tertiary alicyclic amines) is 1. The summed E-state index contributed by atoms with van der Waals surface area (Å²) in [4.78, 5) is 17.9. The molecule has 0 bridgehead atoms. The van der Waals surface area contributed by atoms with E-state index in [0.29, 0.717) is 29.0 Å². The highest BCUT2D eigenvalue weighted by molar-refractivity contribution is 7.92. The van der Waals surface area contributed by atoms with Gasteiger partial charge in [-0.15, -0.1) is 0 Å². The van der Waals surface area contributed by atoms with E-state index in [1.165, 1.54) is 11.1 Å². The lowest BCUT2D eigenvalue weighted by molar-refractivity contribution is 0.130. The number of hydrogen-bond donors (Lipinski definition) is 2. The number of aromatic nitrogens is 3. The van der Waals surface area contributed by atoms with Crippen molar-refractivity contribution in [3.05, 3.63) is 59.3 Å². The van der Waals surface area contributed by atoms with Crippen LogP contribution in [0.15, 0.2) is 47.5 Å². The van der Waals surface area contributed by atoms with Gasteiger partial charge in [-0.25, -0.2) is 8.42 Å². The van der Waals surface area contributed by atoms with Crippen LogP contribution in [0.25, 0.3) is 11.0 Å². The number of benzene rings is 2. The van der Waals surface area contributed by atoms with Gasteiger partial charge in [0.05, 0.1) is 33.5 Å². The first-order valence-electron chi connectivity index (χ1n) is 15.4. The van der Waals surface area contributed by atoms with Crippen molar-refractivity contribution in [2.45, 2.75) is 69.8 Å². The molecule has 2 aromatic heterocycles. The predicted molar refractivity (Wildman–Crippen MR) is 174 cm³/mol. The van der Waals surface area contributed by atoms with Crippen LogP contribution < -0.4 is 15.0 Å². The number of piperidine rings is 1. The molecule has 0 spiro atoms. The normalized spacial score (nSPS) is 17.8. The molecule has 2 aromatic carbocycles. The van der Waals surface area contributed by atoms with Gasteiger partial charge in [-0.3, -0.25) is 4.90 Å². The Hall–Kier alpha value is -3.67. The maximum absolute atomic E-state index is 13.2. The van der Waals surface area contributed by atoms with Crippen LogP contribution in [0, 0.1) is 13.8 Å². The Kier molecular flexibility index (Phi) is 8.29. The first-order chi connectivity index (χ1) is 21.1. The van der Waals surface area contributed by atoms with Crippen molar-refractivity contribution in [2.24, 2.45) is 0 Å². The number of ether oxygens (including phenoxy) is 2. The van der Waals surface area contributed by atoms with Gasteiger partial charge in [0, 0.05) is 19.9 Å². The van der Waals surface area contributed by atoms with Gasteiger partial charge >= 0.3 is 0 Å². The van der Waals surface area contributed by atoms with Crippen molar-refractivity contribution in [1.29, 1.82) is 0 Å². The summed E-state index contributed by atoms with van der Waals surface area (Å²) in [5.41, 5.74) is 5.59. The van der Waals surface area contributed by atoms with Crippen LogP contribution in [0.5, 0.6) is 5.75 Å². The zero-order chi connectivity index (χ0) is 31.2. The van der Waals surface area contributed by atoms with Gasteiger partial charge in [0.15, 0.2) is 16.1 Å². The lowest BCUT2D eigenvalue weighted by atomic mass is 9.86. The average Bonchev–Trinajstić information content (AvgIpc) is 3.54. The fourth-order valence-corrected chi connectivity index (χ4v) is 7.58. The van der Waals surface area contributed by atoms with Crippen molar-refractivity contribution in [2.75, 3.05) is 43.6 Å². The second kappa shape index (κ2) is 12.0. The lowest BCUT2D eigenvalue weighted by Crippen LogP contribution is -2.35. The molecule has 11 heteroatoms. The van der Waals surface area contributed by atoms with Gasteiger partial charge < -0.3 is 24.7 Å². The lowest BCUT2D eigenvalue weighted by Gasteiger charge is -2.32. The summed E-state index contributed by atoms with van der Waals surface area (Å²) in [7, 11) is -1.78. The summed E-state index contributed by atoms with van der Waals surface area (Å²) >= 11 is 0. The van der Waals surface area contributed by atoms with Gasteiger partial charge in [0.2, 0.25) is 5.95 Å². The monoisotopic (exact) mass is 618 g/mol. The van der Waals surface area contributed by atoms with E-state index in [1.807, 2.05) is 31.0 Å². The second-order valence-corrected chi connectivity index (χ2v) is 14.6. The van der Waals surface area contributed by atoms with Crippen LogP contribution in [-0.2, 0) is 14.6 Å². The number of aromatic amines is 1. The van der Waals surface area contributed by atoms with Crippen molar-refractivity contribution >= 4 is 44.0 Å². The van der Waals surface area contributed by atoms with Gasteiger partial charge in [-0.2, -0.15) is 9.97 Å². The van der Waals surface area contributed by atoms with Crippen LogP contribution in [-0.4, -0.2) is 73.1 Å². The van der Waals surface area contributed by atoms with Gasteiger partial charge in [-0.05, 0) is 107 Å². The van der Waals surface area contributed by atoms with Crippen molar-refractivity contribution in [3.63, 3.8) is 0 Å². The molecule has 1 atom stereocenters. The van der Waals surface area contributed by atoms with Crippen molar-refractivity contribution in [3.8, 4) is 5.75 Å². The quantitative estimate of drug-likeness (QED) is 0.226. The third-order valence-electron chi connectivity index (χ3n) is 8.91. The fourth-order valence-electron chi connectivity index (χ4n) is 6.38. The highest BCUT2D eigenvalue weighted by Gasteiger charge is 2.34. The molecule has 2 aliphatic heterocycles. The molecule has 2 N–H and O–H groups in total. The number of nitrogens with zero attached hydrogens (tertiary/aromatic N) is 4. The minimum Gasteiger partial charge on any atom is -0.468 e. The highest BCUT2D eigenvalue weighted by Crippen LogP contribution is 2.46. The summed E-state index contributed by atoms with van der Waals surface area (Å²) in [5, 5.41) is 3.60. The number of H-pyrrole nitrogens is 1. The Bertz CT molecular complexity index is 1780. The van der Waals surface area contributed by atoms with Crippen LogP contribution in [0.4, 0.5) is 23.1 Å². The molecule has 0 aliphatic carbocycles. The highest BCUT2D eigenvalue weighted by atomic mass is 32.2. The number of aryl methyl sites for hydroxylation is 2. The van der Waals surface area contributed by atoms with E-state index in [9.17, 15) is 8.42 Å². The Labute approximate surface area is 259 Å². The molecule has 1 saturated heterocycles. The maximum atomic E-state index is 13.2. The molecule has 0 radical (unpaired) electrons. The molecule has 0 amide bonds. The summed E-state index contributed by atoms with van der Waals surface area (Å²) in [6.07, 6.45) is 3.78. The summed E-state index contributed by atoms with van der Waals surface area (Å²) in [5.74, 6) is 2.31. The summed E-state index contributed by atoms with van der Waals surface area (Å²) in [6, 6.07) is 11.4. The van der Waals surface area contributed by atoms with Crippen LogP contribution in [0.1, 0.15) is 56.2 Å². The van der Waals surface area contributed by atoms with E-state index < -0.39 is 15.1 Å². The van der Waals surface area contributed by atoms with Gasteiger partial charge in [0.1, 0.15) is 17.2 Å². The number of anilines is 4. The number of fused-ring (bicyclic) bond motifs is 2. The molecule has 4 heterocycles. The molecule has 234 valence electrons. The Morgan fingerprint density at radius 3 is 2.59 bits per heavy atom. The van der Waals surface area contributed by atoms with E-state index in [4.69, 9.17) is 19.4 Å². The topological polar surface area (TPSA) is 113 Å². The van der Waals surface area contributed by atoms with E-state index in [2.05, 4.69) is 34.3 Å². The van der Waals surface area contributed by atoms with E-state index >= 15 is 0 Å². The smallest absolute Gasteiger partial charge is 0.237 e. The Morgan fingerprint density at radius 2 is 1.86 bits per heavy atom. The molecule has 44 heavy (non-hydrogen) atoms. The van der Waals surface area contributed by atoms with Crippen LogP contribution >= 0.6 is 0 Å². The molecule has 1 unspecified atom stereocenters. The molecule has 10 nitrogen and oxygen atoms in total. The van der Waals surface area contributed by atoms with E-state index in [1.54, 1.807) is 39.2 Å². The minimum atomic E-state index is -3.53. The number of sulfone groups is 1. The molecule has 0 saturated carbocycles. The average molecular weight is 619 g/mol. The third kappa shape index (κ3) is 5.52. The van der Waals surface area contributed by atoms with Gasteiger partial charge in [-0.1, -0.05) is 12.1 Å². The first-order valence-corrected chi connectivity index (χ1v) is 16.9. The van der Waals surface area contributed by atoms with E-state index in [-0.39, 0.29) is 11.1 Å². The molecular formula is C33H42N6O4S. The number of nitrogens with one attached hydrogen (secondary N) is 2. The summed E-state index contributed by atoms with van der Waals surface area (Å²) < 4.78 is 38.1. The van der Waals surface area contributed by atoms with Crippen molar-refractivity contribution < 1.29 is 17.9 Å².